The maximum atomic E-state index is 11.8. The van der Waals surface area contributed by atoms with Gasteiger partial charge in [-0.25, -0.2) is 4.98 Å². The topological polar surface area (TPSA) is 46.9 Å². The number of hydrogen-bond acceptors (Lipinski definition) is 2. The van der Waals surface area contributed by atoms with Crippen LogP contribution in [0.4, 0.5) is 0 Å². The molecular weight excluding hydrogens is 250 g/mol. The third-order valence-electron chi connectivity index (χ3n) is 4.41. The van der Waals surface area contributed by atoms with Gasteiger partial charge in [-0.15, -0.1) is 0 Å². The summed E-state index contributed by atoms with van der Waals surface area (Å²) in [6.07, 6.45) is 4.98. The summed E-state index contributed by atoms with van der Waals surface area (Å²) in [5, 5.41) is 3.06. The first-order chi connectivity index (χ1) is 9.81. The summed E-state index contributed by atoms with van der Waals surface area (Å²) in [4.78, 5) is 16.6. The zero-order chi connectivity index (χ0) is 13.5. The van der Waals surface area contributed by atoms with E-state index >= 15 is 0 Å². The van der Waals surface area contributed by atoms with Crippen LogP contribution >= 0.6 is 0 Å². The first-order valence-electron chi connectivity index (χ1n) is 7.56. The summed E-state index contributed by atoms with van der Waals surface area (Å²) < 4.78 is 2.32. The van der Waals surface area contributed by atoms with Crippen LogP contribution in [0.5, 0.6) is 0 Å². The lowest BCUT2D eigenvalue weighted by atomic mass is 10.0. The summed E-state index contributed by atoms with van der Waals surface area (Å²) in [5.74, 6) is 1.82. The van der Waals surface area contributed by atoms with Crippen molar-refractivity contribution in [3.8, 4) is 0 Å². The van der Waals surface area contributed by atoms with Gasteiger partial charge < -0.3 is 9.88 Å². The molecule has 2 aromatic rings. The lowest BCUT2D eigenvalue weighted by molar-refractivity contribution is -0.121. The van der Waals surface area contributed by atoms with Crippen molar-refractivity contribution in [3.63, 3.8) is 0 Å². The molecule has 1 aliphatic carbocycles. The van der Waals surface area contributed by atoms with Gasteiger partial charge in [-0.05, 0) is 37.8 Å². The Hall–Kier alpha value is -1.84. The number of aromatic nitrogens is 2. The number of carbonyl (C=O) groups is 1. The van der Waals surface area contributed by atoms with E-state index < -0.39 is 0 Å². The monoisotopic (exact) mass is 269 g/mol. The van der Waals surface area contributed by atoms with Crippen molar-refractivity contribution in [2.24, 2.45) is 0 Å². The second-order valence-electron chi connectivity index (χ2n) is 5.98. The van der Waals surface area contributed by atoms with Crippen LogP contribution in [0, 0.1) is 0 Å². The van der Waals surface area contributed by atoms with Gasteiger partial charge in [0, 0.05) is 24.9 Å². The van der Waals surface area contributed by atoms with E-state index in [0.29, 0.717) is 18.4 Å². The van der Waals surface area contributed by atoms with Gasteiger partial charge in [0.25, 0.3) is 0 Å². The fourth-order valence-corrected chi connectivity index (χ4v) is 3.16. The molecule has 0 radical (unpaired) electrons. The zero-order valence-electron chi connectivity index (χ0n) is 11.5. The molecule has 2 heterocycles. The summed E-state index contributed by atoms with van der Waals surface area (Å²) >= 11 is 0. The number of aryl methyl sites for hydroxylation is 1. The Kier molecular flexibility index (Phi) is 2.76. The van der Waals surface area contributed by atoms with Gasteiger partial charge in [0.1, 0.15) is 5.82 Å². The molecule has 0 bridgehead atoms. The first kappa shape index (κ1) is 11.9. The summed E-state index contributed by atoms with van der Waals surface area (Å²) in [6, 6.07) is 8.76. The van der Waals surface area contributed by atoms with Crippen molar-refractivity contribution in [3.05, 3.63) is 30.1 Å². The molecule has 1 amide bonds. The maximum absolute atomic E-state index is 11.8. The fourth-order valence-electron chi connectivity index (χ4n) is 3.16. The molecule has 104 valence electrons. The summed E-state index contributed by atoms with van der Waals surface area (Å²) in [5.41, 5.74) is 2.31. The molecule has 4 heteroatoms. The summed E-state index contributed by atoms with van der Waals surface area (Å²) in [7, 11) is 0. The summed E-state index contributed by atoms with van der Waals surface area (Å²) in [6.45, 7) is 1.03. The lowest BCUT2D eigenvalue weighted by Gasteiger charge is -2.08. The normalized spacial score (nSPS) is 21.1. The number of para-hydroxylation sites is 2. The van der Waals surface area contributed by atoms with Gasteiger partial charge in [0.2, 0.25) is 5.91 Å². The SMILES string of the molecule is O=C(CCC1CCn2c1nc1ccccc12)NC1CC1. The maximum Gasteiger partial charge on any atom is 0.220 e. The standard InChI is InChI=1S/C16H19N3O/c20-15(17-12-6-7-12)8-5-11-9-10-19-14-4-2-1-3-13(14)18-16(11)19/h1-4,11-12H,5-10H2,(H,17,20). The Labute approximate surface area is 118 Å². The van der Waals surface area contributed by atoms with Gasteiger partial charge in [-0.3, -0.25) is 4.79 Å². The Bertz CT molecular complexity index is 657. The van der Waals surface area contributed by atoms with Gasteiger partial charge in [-0.1, -0.05) is 12.1 Å². The minimum absolute atomic E-state index is 0.210. The molecule has 2 aliphatic rings. The fraction of sp³-hybridized carbons (Fsp3) is 0.500. The smallest absolute Gasteiger partial charge is 0.220 e. The number of rotatable bonds is 4. The largest absolute Gasteiger partial charge is 0.353 e. The quantitative estimate of drug-likeness (QED) is 0.927. The van der Waals surface area contributed by atoms with Crippen LogP contribution in [0.15, 0.2) is 24.3 Å². The molecule has 1 aromatic heterocycles. The molecule has 1 N–H and O–H groups in total. The molecule has 1 aliphatic heterocycles. The van der Waals surface area contributed by atoms with Gasteiger partial charge in [0.15, 0.2) is 0 Å². The first-order valence-corrected chi connectivity index (χ1v) is 7.56. The predicted molar refractivity (Wildman–Crippen MR) is 77.5 cm³/mol. The van der Waals surface area contributed by atoms with E-state index in [1.165, 1.54) is 11.3 Å². The second-order valence-corrected chi connectivity index (χ2v) is 5.98. The highest BCUT2D eigenvalue weighted by molar-refractivity contribution is 5.77. The van der Waals surface area contributed by atoms with Gasteiger partial charge >= 0.3 is 0 Å². The van der Waals surface area contributed by atoms with E-state index in [0.717, 1.165) is 37.7 Å². The highest BCUT2D eigenvalue weighted by atomic mass is 16.1. The van der Waals surface area contributed by atoms with Crippen molar-refractivity contribution in [1.29, 1.82) is 0 Å². The Balaban J connectivity index is 1.47. The highest BCUT2D eigenvalue weighted by Crippen LogP contribution is 2.34. The van der Waals surface area contributed by atoms with E-state index in [1.807, 2.05) is 6.07 Å². The number of imidazole rings is 1. The van der Waals surface area contributed by atoms with Crippen molar-refractivity contribution in [2.45, 2.75) is 50.6 Å². The van der Waals surface area contributed by atoms with Crippen molar-refractivity contribution < 1.29 is 4.79 Å². The predicted octanol–water partition coefficient (Wildman–Crippen LogP) is 2.58. The Morgan fingerprint density at radius 2 is 2.15 bits per heavy atom. The van der Waals surface area contributed by atoms with Gasteiger partial charge in [-0.2, -0.15) is 0 Å². The number of benzene rings is 1. The number of carbonyl (C=O) groups excluding carboxylic acids is 1. The van der Waals surface area contributed by atoms with E-state index in [-0.39, 0.29) is 5.91 Å². The zero-order valence-corrected chi connectivity index (χ0v) is 11.5. The van der Waals surface area contributed by atoms with E-state index in [9.17, 15) is 4.79 Å². The molecular formula is C16H19N3O. The third kappa shape index (κ3) is 2.09. The van der Waals surface area contributed by atoms with Crippen LogP contribution in [0.1, 0.15) is 43.8 Å². The van der Waals surface area contributed by atoms with E-state index in [2.05, 4.69) is 28.1 Å². The average Bonchev–Trinajstić information content (AvgIpc) is 3.05. The van der Waals surface area contributed by atoms with Crippen molar-refractivity contribution >= 4 is 16.9 Å². The van der Waals surface area contributed by atoms with Crippen LogP contribution in [-0.2, 0) is 11.3 Å². The molecule has 1 aromatic carbocycles. The van der Waals surface area contributed by atoms with Crippen LogP contribution < -0.4 is 5.32 Å². The highest BCUT2D eigenvalue weighted by Gasteiger charge is 2.28. The molecule has 20 heavy (non-hydrogen) atoms. The molecule has 4 nitrogen and oxygen atoms in total. The molecule has 1 fully saturated rings. The van der Waals surface area contributed by atoms with E-state index in [4.69, 9.17) is 4.98 Å². The number of fused-ring (bicyclic) bond motifs is 3. The van der Waals surface area contributed by atoms with E-state index in [1.54, 1.807) is 0 Å². The second kappa shape index (κ2) is 4.62. The number of nitrogens with zero attached hydrogens (tertiary/aromatic N) is 2. The average molecular weight is 269 g/mol. The van der Waals surface area contributed by atoms with Gasteiger partial charge in [0.05, 0.1) is 11.0 Å². The minimum Gasteiger partial charge on any atom is -0.353 e. The number of hydrogen-bond donors (Lipinski definition) is 1. The number of amides is 1. The number of nitrogens with one attached hydrogen (secondary N) is 1. The molecule has 1 atom stereocenters. The van der Waals surface area contributed by atoms with Crippen LogP contribution in [0.25, 0.3) is 11.0 Å². The lowest BCUT2D eigenvalue weighted by Crippen LogP contribution is -2.25. The Morgan fingerprint density at radius 1 is 1.30 bits per heavy atom. The molecule has 0 spiro atoms. The van der Waals surface area contributed by atoms with Crippen molar-refractivity contribution in [2.75, 3.05) is 0 Å². The molecule has 4 rings (SSSR count). The van der Waals surface area contributed by atoms with Crippen molar-refractivity contribution in [1.82, 2.24) is 14.9 Å². The van der Waals surface area contributed by atoms with Crippen LogP contribution in [0.3, 0.4) is 0 Å². The Morgan fingerprint density at radius 3 is 3.00 bits per heavy atom. The van der Waals surface area contributed by atoms with Crippen LogP contribution in [0.2, 0.25) is 0 Å². The molecule has 1 saturated carbocycles. The molecule has 1 unspecified atom stereocenters. The third-order valence-corrected chi connectivity index (χ3v) is 4.41. The van der Waals surface area contributed by atoms with Crippen LogP contribution in [-0.4, -0.2) is 21.5 Å². The molecule has 0 saturated heterocycles. The minimum atomic E-state index is 0.210.